The molecule has 0 bridgehead atoms. The third kappa shape index (κ3) is 5.16. The summed E-state index contributed by atoms with van der Waals surface area (Å²) in [6.07, 6.45) is 2.47. The number of benzene rings is 1. The van der Waals surface area contributed by atoms with Crippen LogP contribution in [0.2, 0.25) is 0 Å². The van der Waals surface area contributed by atoms with Crippen molar-refractivity contribution in [2.45, 2.75) is 51.0 Å². The van der Waals surface area contributed by atoms with Crippen molar-refractivity contribution in [3.8, 4) is 11.8 Å². The number of nitrogens with one attached hydrogen (secondary N) is 1. The van der Waals surface area contributed by atoms with Gasteiger partial charge in [0.15, 0.2) is 0 Å². The maximum Gasteiger partial charge on any atom is 0.242 e. The molecule has 0 radical (unpaired) electrons. The van der Waals surface area contributed by atoms with Crippen molar-refractivity contribution < 1.29 is 13.5 Å². The fraction of sp³-hybridized carbons (Fsp3) is 0.500. The molecule has 0 aliphatic rings. The molecule has 0 saturated carbocycles. The largest absolute Gasteiger partial charge is 0.384 e. The van der Waals surface area contributed by atoms with E-state index < -0.39 is 10.0 Å². The Labute approximate surface area is 127 Å². The van der Waals surface area contributed by atoms with Crippen LogP contribution < -0.4 is 4.72 Å². The molecule has 116 valence electrons. The monoisotopic (exact) mass is 309 g/mol. The summed E-state index contributed by atoms with van der Waals surface area (Å²) < 4.78 is 27.8. The Hall–Kier alpha value is -1.35. The number of rotatable bonds is 6. The molecule has 1 atom stereocenters. The fourth-order valence-corrected chi connectivity index (χ4v) is 3.59. The van der Waals surface area contributed by atoms with Crippen LogP contribution in [0.1, 0.15) is 44.2 Å². The molecular formula is C16H23NO3S. The number of aliphatic hydroxyl groups excluding tert-OH is 1. The van der Waals surface area contributed by atoms with Crippen LogP contribution in [0.15, 0.2) is 23.1 Å². The number of aliphatic hydroxyl groups is 1. The Morgan fingerprint density at radius 3 is 2.62 bits per heavy atom. The van der Waals surface area contributed by atoms with Crippen LogP contribution in [0.3, 0.4) is 0 Å². The Balaban J connectivity index is 3.18. The van der Waals surface area contributed by atoms with E-state index in [1.165, 1.54) is 0 Å². The Morgan fingerprint density at radius 1 is 1.33 bits per heavy atom. The van der Waals surface area contributed by atoms with E-state index in [-0.39, 0.29) is 17.5 Å². The van der Waals surface area contributed by atoms with Gasteiger partial charge in [0.2, 0.25) is 10.0 Å². The number of hydrogen-bond acceptors (Lipinski definition) is 3. The van der Waals surface area contributed by atoms with Crippen LogP contribution in [0.5, 0.6) is 0 Å². The molecule has 5 heteroatoms. The molecule has 0 aromatic heterocycles. The van der Waals surface area contributed by atoms with E-state index in [9.17, 15) is 8.42 Å². The van der Waals surface area contributed by atoms with Crippen molar-refractivity contribution in [1.29, 1.82) is 0 Å². The standard InChI is InChI=1S/C16H23NO3S/c1-4-7-15(5-2)17-21(19,20)16-10-9-13(3)12-14(16)8-6-11-18/h9-10,12,15,17-18H,4-5,7,11H2,1-3H3. The third-order valence-corrected chi connectivity index (χ3v) is 4.76. The summed E-state index contributed by atoms with van der Waals surface area (Å²) in [4.78, 5) is 0.170. The molecule has 0 saturated heterocycles. The van der Waals surface area contributed by atoms with E-state index in [2.05, 4.69) is 16.6 Å². The van der Waals surface area contributed by atoms with Gasteiger partial charge in [-0.25, -0.2) is 13.1 Å². The van der Waals surface area contributed by atoms with E-state index in [1.807, 2.05) is 20.8 Å². The molecule has 4 nitrogen and oxygen atoms in total. The highest BCUT2D eigenvalue weighted by molar-refractivity contribution is 7.89. The summed E-state index contributed by atoms with van der Waals surface area (Å²) in [5.74, 6) is 5.22. The smallest absolute Gasteiger partial charge is 0.242 e. The lowest BCUT2D eigenvalue weighted by Gasteiger charge is -2.17. The van der Waals surface area contributed by atoms with Crippen molar-refractivity contribution in [1.82, 2.24) is 4.72 Å². The molecule has 0 heterocycles. The summed E-state index contributed by atoms with van der Waals surface area (Å²) in [6, 6.07) is 4.97. The highest BCUT2D eigenvalue weighted by Crippen LogP contribution is 2.18. The van der Waals surface area contributed by atoms with E-state index in [0.717, 1.165) is 24.8 Å². The van der Waals surface area contributed by atoms with Gasteiger partial charge in [-0.1, -0.05) is 38.2 Å². The van der Waals surface area contributed by atoms with Gasteiger partial charge in [-0.15, -0.1) is 0 Å². The lowest BCUT2D eigenvalue weighted by molar-refractivity contribution is 0.350. The van der Waals surface area contributed by atoms with Crippen LogP contribution in [-0.4, -0.2) is 26.2 Å². The first-order chi connectivity index (χ1) is 9.94. The predicted molar refractivity (Wildman–Crippen MR) is 84.5 cm³/mol. The molecule has 0 fully saturated rings. The Kier molecular flexibility index (Phi) is 6.90. The van der Waals surface area contributed by atoms with Crippen molar-refractivity contribution in [2.75, 3.05) is 6.61 Å². The average molecular weight is 309 g/mol. The van der Waals surface area contributed by atoms with Crippen molar-refractivity contribution in [3.63, 3.8) is 0 Å². The third-order valence-electron chi connectivity index (χ3n) is 3.18. The minimum Gasteiger partial charge on any atom is -0.384 e. The zero-order valence-electron chi connectivity index (χ0n) is 12.8. The van der Waals surface area contributed by atoms with Crippen LogP contribution in [0.4, 0.5) is 0 Å². The van der Waals surface area contributed by atoms with Gasteiger partial charge in [0.1, 0.15) is 6.61 Å². The number of sulfonamides is 1. The van der Waals surface area contributed by atoms with Crippen molar-refractivity contribution in [2.24, 2.45) is 0 Å². The maximum atomic E-state index is 12.5. The molecule has 0 amide bonds. The molecule has 1 aromatic rings. The van der Waals surface area contributed by atoms with Gasteiger partial charge < -0.3 is 5.11 Å². The second kappa shape index (κ2) is 8.18. The van der Waals surface area contributed by atoms with Crippen molar-refractivity contribution in [3.05, 3.63) is 29.3 Å². The van der Waals surface area contributed by atoms with Gasteiger partial charge in [0, 0.05) is 11.6 Å². The highest BCUT2D eigenvalue weighted by Gasteiger charge is 2.21. The van der Waals surface area contributed by atoms with Crippen LogP contribution >= 0.6 is 0 Å². The first-order valence-electron chi connectivity index (χ1n) is 7.17. The highest BCUT2D eigenvalue weighted by atomic mass is 32.2. The Bertz CT molecular complexity index is 627. The molecule has 1 unspecified atom stereocenters. The number of aryl methyl sites for hydroxylation is 1. The van der Waals surface area contributed by atoms with Crippen molar-refractivity contribution >= 4 is 10.0 Å². The normalized spacial score (nSPS) is 12.6. The predicted octanol–water partition coefficient (Wildman–Crippen LogP) is 2.20. The summed E-state index contributed by atoms with van der Waals surface area (Å²) in [5.41, 5.74) is 1.35. The summed E-state index contributed by atoms with van der Waals surface area (Å²) in [5, 5.41) is 8.81. The summed E-state index contributed by atoms with van der Waals surface area (Å²) >= 11 is 0. The van der Waals surface area contributed by atoms with Gasteiger partial charge in [-0.3, -0.25) is 0 Å². The average Bonchev–Trinajstić information content (AvgIpc) is 2.44. The fourth-order valence-electron chi connectivity index (χ4n) is 2.09. The molecule has 1 rings (SSSR count). The van der Waals surface area contributed by atoms with Crippen LogP contribution in [0, 0.1) is 18.8 Å². The van der Waals surface area contributed by atoms with E-state index in [0.29, 0.717) is 5.56 Å². The lowest BCUT2D eigenvalue weighted by Crippen LogP contribution is -2.34. The molecule has 1 aromatic carbocycles. The topological polar surface area (TPSA) is 66.4 Å². The molecular weight excluding hydrogens is 286 g/mol. The molecule has 2 N–H and O–H groups in total. The minimum absolute atomic E-state index is 0.0695. The zero-order chi connectivity index (χ0) is 15.9. The second-order valence-electron chi connectivity index (χ2n) is 4.97. The second-order valence-corrected chi connectivity index (χ2v) is 6.66. The van der Waals surface area contributed by atoms with Gasteiger partial charge >= 0.3 is 0 Å². The first-order valence-corrected chi connectivity index (χ1v) is 8.65. The molecule has 0 spiro atoms. The quantitative estimate of drug-likeness (QED) is 0.792. The SMILES string of the molecule is CCCC(CC)NS(=O)(=O)c1ccc(C)cc1C#CCO. The van der Waals surface area contributed by atoms with Gasteiger partial charge in [-0.05, 0) is 37.5 Å². The zero-order valence-corrected chi connectivity index (χ0v) is 13.6. The van der Waals surface area contributed by atoms with Gasteiger partial charge in [-0.2, -0.15) is 0 Å². The van der Waals surface area contributed by atoms with E-state index in [4.69, 9.17) is 5.11 Å². The van der Waals surface area contributed by atoms with Crippen LogP contribution in [0.25, 0.3) is 0 Å². The van der Waals surface area contributed by atoms with Gasteiger partial charge in [0.25, 0.3) is 0 Å². The molecule has 0 aliphatic carbocycles. The number of hydrogen-bond donors (Lipinski definition) is 2. The van der Waals surface area contributed by atoms with Gasteiger partial charge in [0.05, 0.1) is 4.90 Å². The molecule has 21 heavy (non-hydrogen) atoms. The van der Waals surface area contributed by atoms with E-state index >= 15 is 0 Å². The minimum atomic E-state index is -3.61. The summed E-state index contributed by atoms with van der Waals surface area (Å²) in [7, 11) is -3.61. The summed E-state index contributed by atoms with van der Waals surface area (Å²) in [6.45, 7) is 5.57. The van der Waals surface area contributed by atoms with E-state index in [1.54, 1.807) is 18.2 Å². The first kappa shape index (κ1) is 17.7. The Morgan fingerprint density at radius 2 is 2.05 bits per heavy atom. The lowest BCUT2D eigenvalue weighted by atomic mass is 10.1. The van der Waals surface area contributed by atoms with Crippen LogP contribution in [-0.2, 0) is 10.0 Å². The molecule has 0 aliphatic heterocycles. The maximum absolute atomic E-state index is 12.5.